The fraction of sp³-hybridized carbons (Fsp3) is 0.533. The third-order valence-electron chi connectivity index (χ3n) is 3.50. The summed E-state index contributed by atoms with van der Waals surface area (Å²) in [6.45, 7) is 5.74. The molecule has 0 aromatic heterocycles. The lowest BCUT2D eigenvalue weighted by molar-refractivity contribution is -0.118. The van der Waals surface area contributed by atoms with Gasteiger partial charge in [0.15, 0.2) is 0 Å². The number of nitrogens with zero attached hydrogens (tertiary/aromatic N) is 1. The molecule has 1 heterocycles. The van der Waals surface area contributed by atoms with Gasteiger partial charge in [0, 0.05) is 37.5 Å². The van der Waals surface area contributed by atoms with Gasteiger partial charge in [0.05, 0.1) is 6.10 Å². The zero-order chi connectivity index (χ0) is 13.8. The zero-order valence-electron chi connectivity index (χ0n) is 11.8. The van der Waals surface area contributed by atoms with Crippen LogP contribution in [0.4, 0.5) is 11.4 Å². The molecule has 104 valence electrons. The van der Waals surface area contributed by atoms with E-state index in [1.165, 1.54) is 5.69 Å². The van der Waals surface area contributed by atoms with Crippen molar-refractivity contribution in [2.45, 2.75) is 26.4 Å². The third kappa shape index (κ3) is 3.47. The molecule has 1 aromatic carbocycles. The summed E-state index contributed by atoms with van der Waals surface area (Å²) in [4.78, 5) is 13.9. The first-order chi connectivity index (χ1) is 9.10. The van der Waals surface area contributed by atoms with Gasteiger partial charge in [-0.1, -0.05) is 13.8 Å². The molecule has 1 N–H and O–H groups in total. The Hall–Kier alpha value is -1.55. The van der Waals surface area contributed by atoms with Crippen LogP contribution in [0.25, 0.3) is 0 Å². The van der Waals surface area contributed by atoms with Gasteiger partial charge in [0.2, 0.25) is 5.91 Å². The highest BCUT2D eigenvalue weighted by molar-refractivity contribution is 5.92. The maximum absolute atomic E-state index is 11.6. The van der Waals surface area contributed by atoms with Gasteiger partial charge in [-0.05, 0) is 30.7 Å². The van der Waals surface area contributed by atoms with E-state index in [-0.39, 0.29) is 11.8 Å². The van der Waals surface area contributed by atoms with Gasteiger partial charge < -0.3 is 15.0 Å². The summed E-state index contributed by atoms with van der Waals surface area (Å²) in [5.74, 6) is 0.0501. The number of hydrogen-bond acceptors (Lipinski definition) is 3. The summed E-state index contributed by atoms with van der Waals surface area (Å²) in [6, 6.07) is 8.01. The quantitative estimate of drug-likeness (QED) is 0.906. The van der Waals surface area contributed by atoms with E-state index in [2.05, 4.69) is 10.2 Å². The number of rotatable bonds is 4. The van der Waals surface area contributed by atoms with Crippen LogP contribution in [-0.4, -0.2) is 32.2 Å². The molecule has 1 amide bonds. The van der Waals surface area contributed by atoms with E-state index in [0.717, 1.165) is 25.2 Å². The Morgan fingerprint density at radius 2 is 2.05 bits per heavy atom. The minimum atomic E-state index is 0.000666. The second-order valence-corrected chi connectivity index (χ2v) is 5.28. The molecule has 1 aromatic rings. The van der Waals surface area contributed by atoms with Gasteiger partial charge in [-0.25, -0.2) is 0 Å². The van der Waals surface area contributed by atoms with Crippen molar-refractivity contribution in [1.82, 2.24) is 0 Å². The molecule has 19 heavy (non-hydrogen) atoms. The van der Waals surface area contributed by atoms with E-state index in [9.17, 15) is 4.79 Å². The van der Waals surface area contributed by atoms with Crippen LogP contribution in [0, 0.1) is 5.92 Å². The molecular formula is C15H22N2O2. The van der Waals surface area contributed by atoms with E-state index in [4.69, 9.17) is 4.74 Å². The summed E-state index contributed by atoms with van der Waals surface area (Å²) in [7, 11) is 1.76. The predicted molar refractivity (Wildman–Crippen MR) is 77.5 cm³/mol. The lowest BCUT2D eigenvalue weighted by atomic mass is 10.2. The molecule has 0 bridgehead atoms. The first-order valence-corrected chi connectivity index (χ1v) is 6.79. The number of amides is 1. The minimum absolute atomic E-state index is 0.000666. The molecule has 1 aliphatic rings. The molecule has 1 unspecified atom stereocenters. The average molecular weight is 262 g/mol. The highest BCUT2D eigenvalue weighted by Crippen LogP contribution is 2.23. The summed E-state index contributed by atoms with van der Waals surface area (Å²) < 4.78 is 5.37. The van der Waals surface area contributed by atoms with E-state index in [1.54, 1.807) is 7.11 Å². The monoisotopic (exact) mass is 262 g/mol. The Morgan fingerprint density at radius 3 is 2.58 bits per heavy atom. The summed E-state index contributed by atoms with van der Waals surface area (Å²) in [5.41, 5.74) is 2.03. The van der Waals surface area contributed by atoms with Crippen LogP contribution < -0.4 is 10.2 Å². The second kappa shape index (κ2) is 6.06. The molecule has 0 saturated carbocycles. The molecule has 4 nitrogen and oxygen atoms in total. The van der Waals surface area contributed by atoms with E-state index in [1.807, 2.05) is 38.1 Å². The van der Waals surface area contributed by atoms with Gasteiger partial charge in [-0.3, -0.25) is 4.79 Å². The number of carbonyl (C=O) groups is 1. The summed E-state index contributed by atoms with van der Waals surface area (Å²) >= 11 is 0. The predicted octanol–water partition coefficient (Wildman–Crippen LogP) is 2.51. The molecule has 0 aliphatic carbocycles. The van der Waals surface area contributed by atoms with Crippen LogP contribution in [0.15, 0.2) is 24.3 Å². The topological polar surface area (TPSA) is 41.6 Å². The Bertz CT molecular complexity index is 428. The van der Waals surface area contributed by atoms with Crippen molar-refractivity contribution in [2.24, 2.45) is 5.92 Å². The van der Waals surface area contributed by atoms with E-state index >= 15 is 0 Å². The number of anilines is 2. The Labute approximate surface area is 114 Å². The number of nitrogens with one attached hydrogen (secondary N) is 1. The SMILES string of the molecule is COC1CCN(c2ccc(NC(=O)C(C)C)cc2)C1. The summed E-state index contributed by atoms with van der Waals surface area (Å²) in [5, 5.41) is 2.90. The van der Waals surface area contributed by atoms with Crippen LogP contribution in [0.5, 0.6) is 0 Å². The van der Waals surface area contributed by atoms with Crippen molar-refractivity contribution < 1.29 is 9.53 Å². The van der Waals surface area contributed by atoms with Crippen molar-refractivity contribution >= 4 is 17.3 Å². The highest BCUT2D eigenvalue weighted by Gasteiger charge is 2.22. The maximum atomic E-state index is 11.6. The van der Waals surface area contributed by atoms with Crippen molar-refractivity contribution in [3.63, 3.8) is 0 Å². The second-order valence-electron chi connectivity index (χ2n) is 5.28. The Morgan fingerprint density at radius 1 is 1.37 bits per heavy atom. The molecule has 1 atom stereocenters. The fourth-order valence-electron chi connectivity index (χ4n) is 2.20. The molecule has 1 aliphatic heterocycles. The highest BCUT2D eigenvalue weighted by atomic mass is 16.5. The van der Waals surface area contributed by atoms with Gasteiger partial charge in [-0.15, -0.1) is 0 Å². The van der Waals surface area contributed by atoms with Crippen molar-refractivity contribution in [3.05, 3.63) is 24.3 Å². The van der Waals surface area contributed by atoms with Crippen molar-refractivity contribution in [3.8, 4) is 0 Å². The molecule has 1 fully saturated rings. The fourth-order valence-corrected chi connectivity index (χ4v) is 2.20. The van der Waals surface area contributed by atoms with Crippen LogP contribution in [-0.2, 0) is 9.53 Å². The first-order valence-electron chi connectivity index (χ1n) is 6.79. The van der Waals surface area contributed by atoms with Gasteiger partial charge >= 0.3 is 0 Å². The smallest absolute Gasteiger partial charge is 0.226 e. The Balaban J connectivity index is 1.97. The van der Waals surface area contributed by atoms with E-state index < -0.39 is 0 Å². The molecule has 2 rings (SSSR count). The molecule has 0 spiro atoms. The number of benzene rings is 1. The number of ether oxygens (including phenoxy) is 1. The number of hydrogen-bond donors (Lipinski definition) is 1. The normalized spacial score (nSPS) is 18.9. The van der Waals surface area contributed by atoms with Crippen LogP contribution >= 0.6 is 0 Å². The number of methoxy groups -OCH3 is 1. The number of carbonyl (C=O) groups excluding carboxylic acids is 1. The van der Waals surface area contributed by atoms with E-state index in [0.29, 0.717) is 6.10 Å². The molecule has 4 heteroatoms. The van der Waals surface area contributed by atoms with Crippen molar-refractivity contribution in [2.75, 3.05) is 30.4 Å². The standard InChI is InChI=1S/C15H22N2O2/c1-11(2)15(18)16-12-4-6-13(7-5-12)17-9-8-14(10-17)19-3/h4-7,11,14H,8-10H2,1-3H3,(H,16,18). The third-order valence-corrected chi connectivity index (χ3v) is 3.50. The molecule has 1 saturated heterocycles. The average Bonchev–Trinajstić information content (AvgIpc) is 2.88. The van der Waals surface area contributed by atoms with Crippen LogP contribution in [0.1, 0.15) is 20.3 Å². The minimum Gasteiger partial charge on any atom is -0.380 e. The van der Waals surface area contributed by atoms with Crippen molar-refractivity contribution in [1.29, 1.82) is 0 Å². The zero-order valence-corrected chi connectivity index (χ0v) is 11.8. The van der Waals surface area contributed by atoms with Gasteiger partial charge in [-0.2, -0.15) is 0 Å². The maximum Gasteiger partial charge on any atom is 0.226 e. The Kier molecular flexibility index (Phi) is 4.43. The van der Waals surface area contributed by atoms with Crippen LogP contribution in [0.2, 0.25) is 0 Å². The van der Waals surface area contributed by atoms with Crippen LogP contribution in [0.3, 0.4) is 0 Å². The van der Waals surface area contributed by atoms with Gasteiger partial charge in [0.1, 0.15) is 0 Å². The summed E-state index contributed by atoms with van der Waals surface area (Å²) in [6.07, 6.45) is 1.41. The van der Waals surface area contributed by atoms with Gasteiger partial charge in [0.25, 0.3) is 0 Å². The largest absolute Gasteiger partial charge is 0.380 e. The lowest BCUT2D eigenvalue weighted by Gasteiger charge is -2.18. The molecular weight excluding hydrogens is 240 g/mol. The first kappa shape index (κ1) is 13.9. The lowest BCUT2D eigenvalue weighted by Crippen LogP contribution is -2.22. The molecule has 0 radical (unpaired) electrons.